The molecule has 3 aromatic carbocycles. The minimum absolute atomic E-state index is 0.0670. The van der Waals surface area contributed by atoms with Crippen molar-refractivity contribution in [1.29, 1.82) is 5.26 Å². The second kappa shape index (κ2) is 11.5. The normalized spacial score (nSPS) is 17.5. The van der Waals surface area contributed by atoms with Crippen LogP contribution in [0, 0.1) is 25.2 Å². The predicted molar refractivity (Wildman–Crippen MR) is 157 cm³/mol. The lowest BCUT2D eigenvalue weighted by molar-refractivity contribution is -0.137. The van der Waals surface area contributed by atoms with Gasteiger partial charge in [-0.1, -0.05) is 54.6 Å². The van der Waals surface area contributed by atoms with Crippen LogP contribution in [-0.4, -0.2) is 5.78 Å². The van der Waals surface area contributed by atoms with Crippen LogP contribution < -0.4 is 10.6 Å². The zero-order valence-corrected chi connectivity index (χ0v) is 23.7. The molecule has 1 unspecified atom stereocenters. The number of nitrogens with two attached hydrogens (primary N) is 1. The monoisotopic (exact) mass is 573 g/mol. The number of anilines is 1. The third-order valence-electron chi connectivity index (χ3n) is 7.77. The van der Waals surface area contributed by atoms with Gasteiger partial charge in [0, 0.05) is 29.2 Å². The molecule has 0 saturated carbocycles. The molecule has 0 spiro atoms. The summed E-state index contributed by atoms with van der Waals surface area (Å²) in [5.41, 5.74) is 11.5. The zero-order valence-electron chi connectivity index (χ0n) is 22.9. The first kappa shape index (κ1) is 28.6. The number of benzene rings is 3. The van der Waals surface area contributed by atoms with Crippen molar-refractivity contribution in [2.45, 2.75) is 56.7 Å². The van der Waals surface area contributed by atoms with Gasteiger partial charge in [-0.25, -0.2) is 0 Å². The average molecular weight is 574 g/mol. The topological polar surface area (TPSA) is 70.1 Å². The fraction of sp³-hybridized carbons (Fsp3) is 0.273. The van der Waals surface area contributed by atoms with Crippen molar-refractivity contribution in [3.63, 3.8) is 0 Å². The first-order valence-electron chi connectivity index (χ1n) is 13.5. The van der Waals surface area contributed by atoms with Crippen LogP contribution in [0.4, 0.5) is 18.9 Å². The van der Waals surface area contributed by atoms with Gasteiger partial charge in [0.15, 0.2) is 5.78 Å². The van der Waals surface area contributed by atoms with Gasteiger partial charge in [0.2, 0.25) is 0 Å². The molecule has 1 aliphatic carbocycles. The second-order valence-electron chi connectivity index (χ2n) is 10.4. The third-order valence-corrected chi connectivity index (χ3v) is 8.82. The highest BCUT2D eigenvalue weighted by atomic mass is 32.2. The number of carbonyl (C=O) groups is 1. The molecule has 1 heterocycles. The van der Waals surface area contributed by atoms with Crippen LogP contribution >= 0.6 is 11.8 Å². The van der Waals surface area contributed by atoms with Crippen LogP contribution in [0.25, 0.3) is 0 Å². The summed E-state index contributed by atoms with van der Waals surface area (Å²) in [5.74, 6) is 0.598. The Morgan fingerprint density at radius 1 is 1.00 bits per heavy atom. The largest absolute Gasteiger partial charge is 0.418 e. The number of halogens is 3. The van der Waals surface area contributed by atoms with Gasteiger partial charge in [0.05, 0.1) is 28.8 Å². The number of aryl methyl sites for hydroxylation is 2. The summed E-state index contributed by atoms with van der Waals surface area (Å²) in [6.07, 6.45) is -3.49. The van der Waals surface area contributed by atoms with E-state index >= 15 is 0 Å². The Kier molecular flexibility index (Phi) is 8.01. The molecule has 5 rings (SSSR count). The summed E-state index contributed by atoms with van der Waals surface area (Å²) in [5, 5.41) is 10.4. The van der Waals surface area contributed by atoms with Crippen molar-refractivity contribution in [2.75, 3.05) is 4.90 Å². The van der Waals surface area contributed by atoms with E-state index in [0.717, 1.165) is 39.8 Å². The number of para-hydroxylation sites is 1. The maximum absolute atomic E-state index is 14.1. The summed E-state index contributed by atoms with van der Waals surface area (Å²) < 4.78 is 42.2. The van der Waals surface area contributed by atoms with E-state index in [1.54, 1.807) is 11.8 Å². The molecule has 4 nitrogen and oxygen atoms in total. The number of nitriles is 1. The molecule has 2 N–H and O–H groups in total. The molecule has 0 saturated heterocycles. The SMILES string of the molecule is Cc1cc(C)c(C2C(C#N)=C(N)N(c3ccccc3C(F)(F)F)C3=C2C(=O)CCC3)cc1CSCc1ccccc1. The van der Waals surface area contributed by atoms with E-state index in [9.17, 15) is 23.2 Å². The number of hydrogen-bond donors (Lipinski definition) is 1. The van der Waals surface area contributed by atoms with Crippen molar-refractivity contribution in [3.8, 4) is 6.07 Å². The summed E-state index contributed by atoms with van der Waals surface area (Å²) in [6.45, 7) is 3.98. The number of Topliss-reactive ketones (excluding diaryl/α,β-unsaturated/α-hetero) is 1. The van der Waals surface area contributed by atoms with Crippen LogP contribution in [0.5, 0.6) is 0 Å². The zero-order chi connectivity index (χ0) is 29.3. The Balaban J connectivity index is 1.62. The minimum Gasteiger partial charge on any atom is -0.384 e. The summed E-state index contributed by atoms with van der Waals surface area (Å²) >= 11 is 1.77. The van der Waals surface area contributed by atoms with Gasteiger partial charge < -0.3 is 5.73 Å². The molecule has 210 valence electrons. The number of hydrogen-bond acceptors (Lipinski definition) is 5. The van der Waals surface area contributed by atoms with Crippen molar-refractivity contribution in [3.05, 3.63) is 123 Å². The van der Waals surface area contributed by atoms with Crippen molar-refractivity contribution >= 4 is 23.2 Å². The van der Waals surface area contributed by atoms with Gasteiger partial charge in [-0.2, -0.15) is 30.2 Å². The average Bonchev–Trinajstić information content (AvgIpc) is 2.94. The number of allylic oxidation sites excluding steroid dienone is 3. The Labute approximate surface area is 242 Å². The molecule has 41 heavy (non-hydrogen) atoms. The van der Waals surface area contributed by atoms with E-state index in [1.807, 2.05) is 38.1 Å². The van der Waals surface area contributed by atoms with E-state index in [2.05, 4.69) is 24.3 Å². The Hall–Kier alpha value is -3.96. The Morgan fingerprint density at radius 2 is 1.71 bits per heavy atom. The van der Waals surface area contributed by atoms with Crippen molar-refractivity contribution in [2.24, 2.45) is 5.73 Å². The first-order chi connectivity index (χ1) is 19.6. The number of rotatable bonds is 6. The highest BCUT2D eigenvalue weighted by molar-refractivity contribution is 7.97. The molecule has 1 atom stereocenters. The quantitative estimate of drug-likeness (QED) is 0.323. The molecule has 3 aromatic rings. The van der Waals surface area contributed by atoms with Gasteiger partial charge >= 0.3 is 6.18 Å². The Morgan fingerprint density at radius 3 is 2.41 bits per heavy atom. The number of nitrogens with zero attached hydrogens (tertiary/aromatic N) is 2. The van der Waals surface area contributed by atoms with E-state index in [4.69, 9.17) is 5.73 Å². The van der Waals surface area contributed by atoms with Crippen LogP contribution in [0.3, 0.4) is 0 Å². The van der Waals surface area contributed by atoms with Crippen molar-refractivity contribution in [1.82, 2.24) is 0 Å². The fourth-order valence-corrected chi connectivity index (χ4v) is 6.88. The molecule has 0 radical (unpaired) electrons. The molecular weight excluding hydrogens is 543 g/mol. The van der Waals surface area contributed by atoms with E-state index < -0.39 is 17.7 Å². The molecule has 0 amide bonds. The van der Waals surface area contributed by atoms with Crippen LogP contribution in [-0.2, 0) is 22.5 Å². The third kappa shape index (κ3) is 5.51. The van der Waals surface area contributed by atoms with E-state index in [1.165, 1.54) is 28.7 Å². The first-order valence-corrected chi connectivity index (χ1v) is 14.6. The lowest BCUT2D eigenvalue weighted by Crippen LogP contribution is -2.39. The minimum atomic E-state index is -4.64. The maximum atomic E-state index is 14.1. The highest BCUT2D eigenvalue weighted by Crippen LogP contribution is 2.49. The number of ketones is 1. The maximum Gasteiger partial charge on any atom is 0.418 e. The molecule has 0 fully saturated rings. The summed E-state index contributed by atoms with van der Waals surface area (Å²) in [7, 11) is 0. The summed E-state index contributed by atoms with van der Waals surface area (Å²) in [4.78, 5) is 14.8. The molecule has 0 aromatic heterocycles. The fourth-order valence-electron chi connectivity index (χ4n) is 5.82. The van der Waals surface area contributed by atoms with Crippen molar-refractivity contribution < 1.29 is 18.0 Å². The lowest BCUT2D eigenvalue weighted by Gasteiger charge is -2.40. The second-order valence-corrected chi connectivity index (χ2v) is 11.4. The highest BCUT2D eigenvalue weighted by Gasteiger charge is 2.43. The van der Waals surface area contributed by atoms with Crippen LogP contribution in [0.15, 0.2) is 89.4 Å². The Bertz CT molecular complexity index is 1600. The molecule has 0 bridgehead atoms. The van der Waals surface area contributed by atoms with Gasteiger partial charge in [0.25, 0.3) is 0 Å². The molecule has 1 aliphatic heterocycles. The van der Waals surface area contributed by atoms with E-state index in [-0.39, 0.29) is 29.3 Å². The van der Waals surface area contributed by atoms with Crippen LogP contribution in [0.1, 0.15) is 58.6 Å². The lowest BCUT2D eigenvalue weighted by atomic mass is 9.74. The standard InChI is InChI=1S/C33H30F3N3OS/c1-20-15-21(2)24(16-23(20)19-41-18-22-9-4-3-5-10-22)30-25(17-37)32(38)39(28-13-8-14-29(40)31(28)30)27-12-7-6-11-26(27)33(34,35)36/h3-7,9-12,15-16,30H,8,13-14,18-19,38H2,1-2H3. The molecular formula is C33H30F3N3OS. The number of thioether (sulfide) groups is 1. The van der Waals surface area contributed by atoms with Gasteiger partial charge in [-0.05, 0) is 66.6 Å². The van der Waals surface area contributed by atoms with Gasteiger partial charge in [-0.15, -0.1) is 0 Å². The number of carbonyl (C=O) groups excluding carboxylic acids is 1. The smallest absolute Gasteiger partial charge is 0.384 e. The molecule has 8 heteroatoms. The number of alkyl halides is 3. The van der Waals surface area contributed by atoms with Crippen LogP contribution in [0.2, 0.25) is 0 Å². The summed E-state index contributed by atoms with van der Waals surface area (Å²) in [6, 6.07) is 21.6. The van der Waals surface area contributed by atoms with Gasteiger partial charge in [0.1, 0.15) is 5.82 Å². The van der Waals surface area contributed by atoms with Gasteiger partial charge in [-0.3, -0.25) is 9.69 Å². The predicted octanol–water partition coefficient (Wildman–Crippen LogP) is 8.06. The molecule has 2 aliphatic rings. The van der Waals surface area contributed by atoms with E-state index in [0.29, 0.717) is 24.1 Å².